The van der Waals surface area contributed by atoms with Crippen LogP contribution in [0.15, 0.2) is 30.3 Å². The molecule has 1 aromatic carbocycles. The third-order valence-corrected chi connectivity index (χ3v) is 6.21. The van der Waals surface area contributed by atoms with E-state index in [2.05, 4.69) is 30.3 Å². The van der Waals surface area contributed by atoms with Crippen molar-refractivity contribution in [1.29, 1.82) is 0 Å². The Balaban J connectivity index is 1.40. The van der Waals surface area contributed by atoms with E-state index in [-0.39, 0.29) is 0 Å². The van der Waals surface area contributed by atoms with Crippen LogP contribution in [0.4, 0.5) is 0 Å². The van der Waals surface area contributed by atoms with E-state index in [1.807, 2.05) is 0 Å². The van der Waals surface area contributed by atoms with Gasteiger partial charge in [0.1, 0.15) is 0 Å². The summed E-state index contributed by atoms with van der Waals surface area (Å²) in [5.41, 5.74) is 1.54. The molecule has 0 spiro atoms. The second-order valence-corrected chi connectivity index (χ2v) is 6.94. The van der Waals surface area contributed by atoms with Crippen LogP contribution in [-0.2, 0) is 6.42 Å². The van der Waals surface area contributed by atoms with Crippen LogP contribution in [0.3, 0.4) is 0 Å². The Bertz CT molecular complexity index is 407. The second kappa shape index (κ2) is 4.40. The molecule has 0 radical (unpaired) electrons. The lowest BCUT2D eigenvalue weighted by Crippen LogP contribution is -2.24. The zero-order valence-corrected chi connectivity index (χ0v) is 11.2. The predicted molar refractivity (Wildman–Crippen MR) is 75.3 cm³/mol. The summed E-state index contributed by atoms with van der Waals surface area (Å²) in [7, 11) is 0. The molecule has 0 amide bonds. The van der Waals surface area contributed by atoms with E-state index >= 15 is 0 Å². The molecule has 0 aromatic heterocycles. The zero-order valence-electron chi connectivity index (χ0n) is 11.2. The predicted octanol–water partition coefficient (Wildman–Crippen LogP) is 4.69. The second-order valence-electron chi connectivity index (χ2n) is 6.94. The Morgan fingerprint density at radius 3 is 2.61 bits per heavy atom. The van der Waals surface area contributed by atoms with Gasteiger partial charge in [-0.15, -0.1) is 0 Å². The molecule has 0 nitrogen and oxygen atoms in total. The van der Waals surface area contributed by atoms with Crippen molar-refractivity contribution in [2.75, 3.05) is 0 Å². The standard InChI is InChI=1S/C18H24/c1-2-5-13(6-3-1)9-10-14-11-15-12-18(14)17-8-4-7-16(15)17/h1-3,5-6,14-18H,4,7-12H2. The lowest BCUT2D eigenvalue weighted by atomic mass is 9.74. The molecule has 2 bridgehead atoms. The molecule has 0 saturated heterocycles. The average Bonchev–Trinajstić information content (AvgIpc) is 3.09. The van der Waals surface area contributed by atoms with Crippen molar-refractivity contribution in [3.63, 3.8) is 0 Å². The lowest BCUT2D eigenvalue weighted by Gasteiger charge is -2.31. The van der Waals surface area contributed by atoms with Gasteiger partial charge < -0.3 is 0 Å². The summed E-state index contributed by atoms with van der Waals surface area (Å²) >= 11 is 0. The highest BCUT2D eigenvalue weighted by molar-refractivity contribution is 5.15. The summed E-state index contributed by atoms with van der Waals surface area (Å²) in [6, 6.07) is 11.1. The molecule has 4 rings (SSSR count). The molecule has 0 N–H and O–H groups in total. The van der Waals surface area contributed by atoms with Crippen molar-refractivity contribution in [3.05, 3.63) is 35.9 Å². The quantitative estimate of drug-likeness (QED) is 0.719. The normalized spacial score (nSPS) is 41.2. The summed E-state index contributed by atoms with van der Waals surface area (Å²) in [5.74, 6) is 5.61. The minimum atomic E-state index is 1.06. The van der Waals surface area contributed by atoms with Crippen LogP contribution < -0.4 is 0 Å². The summed E-state index contributed by atoms with van der Waals surface area (Å²) in [6.07, 6.45) is 10.6. The van der Waals surface area contributed by atoms with Crippen LogP contribution in [0.5, 0.6) is 0 Å². The zero-order chi connectivity index (χ0) is 11.9. The fourth-order valence-electron chi connectivity index (χ4n) is 5.54. The van der Waals surface area contributed by atoms with Crippen LogP contribution in [-0.4, -0.2) is 0 Å². The molecule has 3 aliphatic carbocycles. The number of benzene rings is 1. The van der Waals surface area contributed by atoms with Gasteiger partial charge >= 0.3 is 0 Å². The van der Waals surface area contributed by atoms with E-state index in [1.54, 1.807) is 31.2 Å². The third kappa shape index (κ3) is 1.73. The third-order valence-electron chi connectivity index (χ3n) is 6.21. The topological polar surface area (TPSA) is 0 Å². The fourth-order valence-corrected chi connectivity index (χ4v) is 5.54. The summed E-state index contributed by atoms with van der Waals surface area (Å²) in [6.45, 7) is 0. The van der Waals surface area contributed by atoms with Crippen LogP contribution >= 0.6 is 0 Å². The number of hydrogen-bond donors (Lipinski definition) is 0. The molecular formula is C18H24. The minimum Gasteiger partial charge on any atom is -0.0622 e. The van der Waals surface area contributed by atoms with Gasteiger partial charge in [0.05, 0.1) is 0 Å². The Morgan fingerprint density at radius 1 is 0.889 bits per heavy atom. The number of hydrogen-bond acceptors (Lipinski definition) is 0. The molecule has 0 heteroatoms. The van der Waals surface area contributed by atoms with Crippen molar-refractivity contribution in [2.45, 2.75) is 44.9 Å². The Morgan fingerprint density at radius 2 is 1.72 bits per heavy atom. The molecule has 0 aliphatic heterocycles. The number of rotatable bonds is 3. The van der Waals surface area contributed by atoms with E-state index in [0.717, 1.165) is 29.6 Å². The van der Waals surface area contributed by atoms with E-state index < -0.39 is 0 Å². The van der Waals surface area contributed by atoms with E-state index in [1.165, 1.54) is 19.3 Å². The van der Waals surface area contributed by atoms with Gasteiger partial charge in [0.25, 0.3) is 0 Å². The van der Waals surface area contributed by atoms with Gasteiger partial charge in [-0.2, -0.15) is 0 Å². The van der Waals surface area contributed by atoms with Crippen LogP contribution in [0, 0.1) is 29.6 Å². The summed E-state index contributed by atoms with van der Waals surface area (Å²) in [4.78, 5) is 0. The molecule has 5 atom stereocenters. The first-order chi connectivity index (χ1) is 8.92. The summed E-state index contributed by atoms with van der Waals surface area (Å²) < 4.78 is 0. The Kier molecular flexibility index (Phi) is 2.71. The maximum Gasteiger partial charge on any atom is -0.0276 e. The van der Waals surface area contributed by atoms with Crippen LogP contribution in [0.2, 0.25) is 0 Å². The van der Waals surface area contributed by atoms with E-state index in [9.17, 15) is 0 Å². The molecule has 1 aromatic rings. The van der Waals surface area contributed by atoms with Crippen molar-refractivity contribution >= 4 is 0 Å². The van der Waals surface area contributed by atoms with E-state index in [4.69, 9.17) is 0 Å². The van der Waals surface area contributed by atoms with Crippen LogP contribution in [0.25, 0.3) is 0 Å². The molecule has 3 saturated carbocycles. The van der Waals surface area contributed by atoms with Gasteiger partial charge in [-0.1, -0.05) is 36.8 Å². The number of aryl methyl sites for hydroxylation is 1. The first-order valence-corrected chi connectivity index (χ1v) is 7.96. The molecule has 5 unspecified atom stereocenters. The van der Waals surface area contributed by atoms with Gasteiger partial charge in [-0.25, -0.2) is 0 Å². The van der Waals surface area contributed by atoms with Crippen molar-refractivity contribution in [3.8, 4) is 0 Å². The average molecular weight is 240 g/mol. The lowest BCUT2D eigenvalue weighted by molar-refractivity contribution is 0.181. The van der Waals surface area contributed by atoms with Crippen molar-refractivity contribution in [1.82, 2.24) is 0 Å². The molecule has 18 heavy (non-hydrogen) atoms. The first kappa shape index (κ1) is 11.1. The monoisotopic (exact) mass is 240 g/mol. The molecule has 96 valence electrons. The smallest absolute Gasteiger partial charge is 0.0276 e. The Labute approximate surface area is 111 Å². The first-order valence-electron chi connectivity index (χ1n) is 7.96. The van der Waals surface area contributed by atoms with E-state index in [0.29, 0.717) is 0 Å². The van der Waals surface area contributed by atoms with Crippen LogP contribution in [0.1, 0.15) is 44.1 Å². The van der Waals surface area contributed by atoms with Gasteiger partial charge in [-0.05, 0) is 73.7 Å². The van der Waals surface area contributed by atoms with Gasteiger partial charge in [-0.3, -0.25) is 0 Å². The Hall–Kier alpha value is -0.780. The maximum atomic E-state index is 2.30. The highest BCUT2D eigenvalue weighted by atomic mass is 14.6. The highest BCUT2D eigenvalue weighted by Crippen LogP contribution is 2.61. The van der Waals surface area contributed by atoms with Gasteiger partial charge in [0, 0.05) is 0 Å². The minimum absolute atomic E-state index is 1.06. The highest BCUT2D eigenvalue weighted by Gasteiger charge is 2.53. The molecular weight excluding hydrogens is 216 g/mol. The SMILES string of the molecule is c1ccc(CCC2CC3CC2C2CCCC32)cc1. The maximum absolute atomic E-state index is 2.30. The van der Waals surface area contributed by atoms with Crippen molar-refractivity contribution in [2.24, 2.45) is 29.6 Å². The van der Waals surface area contributed by atoms with Gasteiger partial charge in [0.15, 0.2) is 0 Å². The van der Waals surface area contributed by atoms with Gasteiger partial charge in [0.2, 0.25) is 0 Å². The summed E-state index contributed by atoms with van der Waals surface area (Å²) in [5, 5.41) is 0. The number of fused-ring (bicyclic) bond motifs is 5. The molecule has 3 aliphatic rings. The molecule has 3 fully saturated rings. The van der Waals surface area contributed by atoms with Crippen molar-refractivity contribution < 1.29 is 0 Å². The molecule has 0 heterocycles. The fraction of sp³-hybridized carbons (Fsp3) is 0.667. The largest absolute Gasteiger partial charge is 0.0622 e.